The molecule has 0 bridgehead atoms. The van der Waals surface area contributed by atoms with Gasteiger partial charge in [0.25, 0.3) is 0 Å². The van der Waals surface area contributed by atoms with Gasteiger partial charge in [-0.2, -0.15) is 4.31 Å². The third-order valence-corrected chi connectivity index (χ3v) is 6.09. The van der Waals surface area contributed by atoms with Crippen molar-refractivity contribution in [2.24, 2.45) is 0 Å². The SMILES string of the molecule is CC(C(=O)O)N(C)S(=O)(=O)c1csc2ccccc12. The van der Waals surface area contributed by atoms with Gasteiger partial charge in [-0.3, -0.25) is 4.79 Å². The summed E-state index contributed by atoms with van der Waals surface area (Å²) < 4.78 is 26.6. The molecule has 0 amide bonds. The molecule has 7 heteroatoms. The van der Waals surface area contributed by atoms with Crippen LogP contribution in [-0.2, 0) is 14.8 Å². The number of carboxylic acids is 1. The summed E-state index contributed by atoms with van der Waals surface area (Å²) in [5.74, 6) is -1.18. The van der Waals surface area contributed by atoms with E-state index < -0.39 is 22.0 Å². The second-order valence-electron chi connectivity index (χ2n) is 4.13. The van der Waals surface area contributed by atoms with Crippen molar-refractivity contribution >= 4 is 37.4 Å². The highest BCUT2D eigenvalue weighted by atomic mass is 32.2. The number of rotatable bonds is 4. The van der Waals surface area contributed by atoms with Gasteiger partial charge in [-0.15, -0.1) is 11.3 Å². The van der Waals surface area contributed by atoms with E-state index in [1.165, 1.54) is 25.3 Å². The van der Waals surface area contributed by atoms with Crippen LogP contribution < -0.4 is 0 Å². The second kappa shape index (κ2) is 4.92. The third-order valence-electron chi connectivity index (χ3n) is 3.01. The fourth-order valence-corrected chi connectivity index (χ4v) is 4.46. The van der Waals surface area contributed by atoms with Gasteiger partial charge in [-0.25, -0.2) is 8.42 Å². The van der Waals surface area contributed by atoms with Crippen LogP contribution in [0, 0.1) is 0 Å². The first-order chi connectivity index (χ1) is 8.85. The Labute approximate surface area is 115 Å². The van der Waals surface area contributed by atoms with E-state index in [1.807, 2.05) is 12.1 Å². The maximum Gasteiger partial charge on any atom is 0.321 e. The number of aliphatic carboxylic acids is 1. The van der Waals surface area contributed by atoms with Crippen LogP contribution in [0.15, 0.2) is 34.5 Å². The first-order valence-corrected chi connectivity index (χ1v) is 7.84. The molecule has 5 nitrogen and oxygen atoms in total. The van der Waals surface area contributed by atoms with Crippen LogP contribution in [0.4, 0.5) is 0 Å². The van der Waals surface area contributed by atoms with Crippen molar-refractivity contribution in [3.05, 3.63) is 29.6 Å². The van der Waals surface area contributed by atoms with Crippen molar-refractivity contribution in [2.45, 2.75) is 17.9 Å². The van der Waals surface area contributed by atoms with Crippen LogP contribution >= 0.6 is 11.3 Å². The summed E-state index contributed by atoms with van der Waals surface area (Å²) in [6, 6.07) is 6.04. The highest BCUT2D eigenvalue weighted by Crippen LogP contribution is 2.31. The van der Waals surface area contributed by atoms with Crippen LogP contribution in [0.25, 0.3) is 10.1 Å². The first kappa shape index (κ1) is 14.0. The van der Waals surface area contributed by atoms with Crippen LogP contribution in [0.1, 0.15) is 6.92 Å². The van der Waals surface area contributed by atoms with Gasteiger partial charge in [0.15, 0.2) is 0 Å². The van der Waals surface area contributed by atoms with Gasteiger partial charge in [-0.05, 0) is 13.0 Å². The summed E-state index contributed by atoms with van der Waals surface area (Å²) in [5.41, 5.74) is 0. The smallest absolute Gasteiger partial charge is 0.321 e. The van der Waals surface area contributed by atoms with Gasteiger partial charge in [-0.1, -0.05) is 18.2 Å². The number of hydrogen-bond donors (Lipinski definition) is 1. The van der Waals surface area contributed by atoms with Crippen molar-refractivity contribution in [1.29, 1.82) is 0 Å². The predicted octanol–water partition coefficient (Wildman–Crippen LogP) is 1.99. The molecule has 0 aliphatic rings. The maximum atomic E-state index is 12.4. The lowest BCUT2D eigenvalue weighted by Gasteiger charge is -2.20. The molecule has 1 aromatic heterocycles. The Bertz CT molecular complexity index is 720. The van der Waals surface area contributed by atoms with E-state index in [1.54, 1.807) is 17.5 Å². The molecule has 1 N–H and O–H groups in total. The minimum absolute atomic E-state index is 0.156. The van der Waals surface area contributed by atoms with Gasteiger partial charge in [0.2, 0.25) is 10.0 Å². The number of fused-ring (bicyclic) bond motifs is 1. The summed E-state index contributed by atoms with van der Waals surface area (Å²) in [5, 5.41) is 11.1. The molecule has 2 aromatic rings. The maximum absolute atomic E-state index is 12.4. The van der Waals surface area contributed by atoms with Crippen molar-refractivity contribution in [3.63, 3.8) is 0 Å². The lowest BCUT2D eigenvalue weighted by atomic mass is 10.3. The van der Waals surface area contributed by atoms with Crippen LogP contribution in [-0.4, -0.2) is 36.9 Å². The topological polar surface area (TPSA) is 74.7 Å². The Balaban J connectivity index is 2.53. The monoisotopic (exact) mass is 299 g/mol. The number of hydrogen-bond acceptors (Lipinski definition) is 4. The number of thiophene rings is 1. The predicted molar refractivity (Wildman–Crippen MR) is 73.9 cm³/mol. The zero-order valence-corrected chi connectivity index (χ0v) is 12.0. The normalized spacial score (nSPS) is 13.8. The molecule has 0 saturated carbocycles. The van der Waals surface area contributed by atoms with E-state index >= 15 is 0 Å². The molecule has 1 heterocycles. The fourth-order valence-electron chi connectivity index (χ4n) is 1.67. The summed E-state index contributed by atoms with van der Waals surface area (Å²) >= 11 is 1.33. The van der Waals surface area contributed by atoms with E-state index in [0.717, 1.165) is 9.01 Å². The Morgan fingerprint density at radius 2 is 2.00 bits per heavy atom. The Hall–Kier alpha value is -1.44. The second-order valence-corrected chi connectivity index (χ2v) is 7.01. The first-order valence-electron chi connectivity index (χ1n) is 5.53. The molecule has 0 fully saturated rings. The van der Waals surface area contributed by atoms with E-state index in [4.69, 9.17) is 5.11 Å². The van der Waals surface area contributed by atoms with Gasteiger partial charge in [0.1, 0.15) is 10.9 Å². The standard InChI is InChI=1S/C12H13NO4S2/c1-8(12(14)15)13(2)19(16,17)11-7-18-10-6-4-3-5-9(10)11/h3-8H,1-2H3,(H,14,15). The van der Waals surface area contributed by atoms with Crippen molar-refractivity contribution in [2.75, 3.05) is 7.05 Å². The number of carbonyl (C=O) groups is 1. The molecule has 1 aromatic carbocycles. The zero-order chi connectivity index (χ0) is 14.2. The summed E-state index contributed by atoms with van der Waals surface area (Å²) in [6.07, 6.45) is 0. The Morgan fingerprint density at radius 1 is 1.37 bits per heavy atom. The highest BCUT2D eigenvalue weighted by Gasteiger charge is 2.31. The molecule has 0 aliphatic carbocycles. The molecule has 0 aliphatic heterocycles. The molecule has 2 rings (SSSR count). The number of benzene rings is 1. The minimum atomic E-state index is -3.80. The third kappa shape index (κ3) is 2.36. The largest absolute Gasteiger partial charge is 0.480 e. The Morgan fingerprint density at radius 3 is 2.63 bits per heavy atom. The summed E-state index contributed by atoms with van der Waals surface area (Å²) in [6.45, 7) is 1.34. The quantitative estimate of drug-likeness (QED) is 0.937. The summed E-state index contributed by atoms with van der Waals surface area (Å²) in [7, 11) is -2.53. The molecule has 0 spiro atoms. The van der Waals surface area contributed by atoms with E-state index in [2.05, 4.69) is 0 Å². The number of nitrogens with zero attached hydrogens (tertiary/aromatic N) is 1. The molecular weight excluding hydrogens is 286 g/mol. The van der Waals surface area contributed by atoms with Gasteiger partial charge in [0, 0.05) is 22.5 Å². The van der Waals surface area contributed by atoms with Gasteiger partial charge in [0.05, 0.1) is 0 Å². The van der Waals surface area contributed by atoms with Gasteiger partial charge >= 0.3 is 5.97 Å². The molecule has 0 radical (unpaired) electrons. The minimum Gasteiger partial charge on any atom is -0.480 e. The number of likely N-dealkylation sites (N-methyl/N-ethyl adjacent to an activating group) is 1. The van der Waals surface area contributed by atoms with Gasteiger partial charge < -0.3 is 5.11 Å². The zero-order valence-electron chi connectivity index (χ0n) is 10.4. The lowest BCUT2D eigenvalue weighted by molar-refractivity contribution is -0.140. The van der Waals surface area contributed by atoms with Crippen LogP contribution in [0.3, 0.4) is 0 Å². The molecule has 19 heavy (non-hydrogen) atoms. The van der Waals surface area contributed by atoms with E-state index in [0.29, 0.717) is 5.39 Å². The average Bonchev–Trinajstić information content (AvgIpc) is 2.81. The summed E-state index contributed by atoms with van der Waals surface area (Å²) in [4.78, 5) is 11.1. The Kier molecular flexibility index (Phi) is 3.62. The number of sulfonamides is 1. The molecular formula is C12H13NO4S2. The van der Waals surface area contributed by atoms with Crippen LogP contribution in [0.5, 0.6) is 0 Å². The van der Waals surface area contributed by atoms with Crippen molar-refractivity contribution in [3.8, 4) is 0 Å². The highest BCUT2D eigenvalue weighted by molar-refractivity contribution is 7.89. The number of carboxylic acid groups (broad SMARTS) is 1. The van der Waals surface area contributed by atoms with E-state index in [-0.39, 0.29) is 4.90 Å². The van der Waals surface area contributed by atoms with Crippen molar-refractivity contribution < 1.29 is 18.3 Å². The van der Waals surface area contributed by atoms with Crippen molar-refractivity contribution in [1.82, 2.24) is 4.31 Å². The average molecular weight is 299 g/mol. The fraction of sp³-hybridized carbons (Fsp3) is 0.250. The van der Waals surface area contributed by atoms with Crippen LogP contribution in [0.2, 0.25) is 0 Å². The molecule has 1 unspecified atom stereocenters. The lowest BCUT2D eigenvalue weighted by Crippen LogP contribution is -2.40. The molecule has 102 valence electrons. The molecule has 0 saturated heterocycles. The molecule has 1 atom stereocenters. The van der Waals surface area contributed by atoms with E-state index in [9.17, 15) is 13.2 Å².